The molecule has 0 aromatic carbocycles. The molecule has 0 heterocycles. The summed E-state index contributed by atoms with van der Waals surface area (Å²) in [4.78, 5) is 0. The summed E-state index contributed by atoms with van der Waals surface area (Å²) >= 11 is 0. The van der Waals surface area contributed by atoms with Gasteiger partial charge in [-0.25, -0.2) is 16.8 Å². The maximum absolute atomic E-state index is 11.7. The maximum atomic E-state index is 11.7. The van der Waals surface area contributed by atoms with Crippen molar-refractivity contribution in [3.05, 3.63) is 12.2 Å². The third-order valence-electron chi connectivity index (χ3n) is 10.6. The van der Waals surface area contributed by atoms with E-state index in [4.69, 9.17) is 4.18 Å². The number of aliphatic hydroxyl groups excluding tert-OH is 2. The molecule has 40 heavy (non-hydrogen) atoms. The summed E-state index contributed by atoms with van der Waals surface area (Å²) in [5, 5.41) is 22.7. The van der Waals surface area contributed by atoms with Gasteiger partial charge in [0.25, 0.3) is 0 Å². The Labute approximate surface area is 283 Å². The Morgan fingerprint density at radius 1 is 0.900 bits per heavy atom. The van der Waals surface area contributed by atoms with E-state index >= 15 is 0 Å². The van der Waals surface area contributed by atoms with Gasteiger partial charge in [0.15, 0.2) is 0 Å². The van der Waals surface area contributed by atoms with Crippen LogP contribution >= 0.6 is 0 Å². The molecule has 0 aromatic heterocycles. The van der Waals surface area contributed by atoms with Crippen LogP contribution in [0.3, 0.4) is 0 Å². The first kappa shape index (κ1) is 37.6. The Hall–Kier alpha value is 1.40. The first-order chi connectivity index (χ1) is 17.5. The van der Waals surface area contributed by atoms with Gasteiger partial charge in [-0.2, -0.15) is 0 Å². The monoisotopic (exact) mass is 624 g/mol. The predicted octanol–water partition coefficient (Wildman–Crippen LogP) is -3.25. The fourth-order valence-electron chi connectivity index (χ4n) is 9.26. The van der Waals surface area contributed by atoms with E-state index in [2.05, 4.69) is 18.0 Å². The fraction of sp³-hybridized carbons (Fsp3) is 0.923. The van der Waals surface area contributed by atoms with Crippen LogP contribution in [-0.4, -0.2) is 61.1 Å². The van der Waals surface area contributed by atoms with E-state index in [0.717, 1.165) is 19.3 Å². The number of hydrogen-bond acceptors (Lipinski definition) is 10. The summed E-state index contributed by atoms with van der Waals surface area (Å²) in [6.45, 7) is 8.06. The van der Waals surface area contributed by atoms with Gasteiger partial charge < -0.3 is 19.3 Å². The first-order valence-corrected chi connectivity index (χ1v) is 16.4. The second kappa shape index (κ2) is 13.8. The largest absolute Gasteiger partial charge is 1.00 e. The summed E-state index contributed by atoms with van der Waals surface area (Å²) in [5.41, 5.74) is -0.730. The van der Waals surface area contributed by atoms with Gasteiger partial charge >= 0.3 is 59.1 Å². The van der Waals surface area contributed by atoms with Crippen LogP contribution < -0.4 is 59.1 Å². The maximum Gasteiger partial charge on any atom is 1.00 e. The molecule has 4 aliphatic carbocycles. The summed E-state index contributed by atoms with van der Waals surface area (Å²) in [6, 6.07) is 0. The topological polar surface area (TPSA) is 173 Å². The van der Waals surface area contributed by atoms with Crippen LogP contribution in [0.2, 0.25) is 0 Å². The van der Waals surface area contributed by atoms with E-state index < -0.39 is 44.5 Å². The second-order valence-electron chi connectivity index (χ2n) is 13.0. The quantitative estimate of drug-likeness (QED) is 0.121. The molecule has 4 aliphatic rings. The number of allylic oxidation sites excluding steroid dienone is 1. The van der Waals surface area contributed by atoms with E-state index in [1.165, 1.54) is 0 Å². The molecule has 2 N–H and O–H groups in total. The smallest absolute Gasteiger partial charge is 0.726 e. The fourth-order valence-corrected chi connectivity index (χ4v) is 10.1. The van der Waals surface area contributed by atoms with Crippen molar-refractivity contribution in [3.8, 4) is 0 Å². The Morgan fingerprint density at radius 2 is 1.52 bits per heavy atom. The second-order valence-corrected chi connectivity index (χ2v) is 15.1. The van der Waals surface area contributed by atoms with Crippen molar-refractivity contribution in [2.45, 2.75) is 91.0 Å². The van der Waals surface area contributed by atoms with Crippen LogP contribution in [0.1, 0.15) is 72.6 Å². The molecular formula is C26H42Na2O10S2. The molecule has 0 aliphatic heterocycles. The molecule has 4 saturated carbocycles. The third-order valence-corrected chi connectivity index (χ3v) is 11.5. The van der Waals surface area contributed by atoms with Gasteiger partial charge in [-0.05, 0) is 91.3 Å². The minimum Gasteiger partial charge on any atom is -0.726 e. The molecule has 3 unspecified atom stereocenters. The van der Waals surface area contributed by atoms with Gasteiger partial charge in [0.1, 0.15) is 6.10 Å². The zero-order valence-electron chi connectivity index (χ0n) is 24.6. The van der Waals surface area contributed by atoms with Crippen LogP contribution in [0.25, 0.3) is 0 Å². The summed E-state index contributed by atoms with van der Waals surface area (Å²) in [7, 11) is -9.77. The molecular weight excluding hydrogens is 582 g/mol. The molecule has 0 bridgehead atoms. The Balaban J connectivity index is 0.00000280. The van der Waals surface area contributed by atoms with E-state index in [-0.39, 0.29) is 119 Å². The van der Waals surface area contributed by atoms with Gasteiger partial charge in [0, 0.05) is 5.92 Å². The standard InChI is InChI=1S/C26H44O10S2.2Na/c1-15(2)5-6-16(14-35-37(29,30)31)18-9-10-19-17-7-8-20-24(28)22(36-38(32,33)34)11-12-25(20,3)23(17)21(27)13-26(18,19)4;;/h5-6,15-24,27-28H,7-14H2,1-4H3,(H,29,30,31)(H,32,33,34);;/q;2*+1/p-2/b6-5+;;/t16-,17?,18+,19?,20+,21-,22+,23?,24-,25-,26+;;/m0../s1. The van der Waals surface area contributed by atoms with Gasteiger partial charge in [-0.3, -0.25) is 8.37 Å². The zero-order valence-corrected chi connectivity index (χ0v) is 30.2. The number of hydrogen-bond donors (Lipinski definition) is 2. The van der Waals surface area contributed by atoms with Crippen molar-refractivity contribution < 1.29 is 104 Å². The van der Waals surface area contributed by atoms with Crippen molar-refractivity contribution in [2.24, 2.45) is 52.3 Å². The normalized spacial score (nSPS) is 42.3. The molecule has 14 heteroatoms. The van der Waals surface area contributed by atoms with Gasteiger partial charge in [-0.1, -0.05) is 39.8 Å². The van der Waals surface area contributed by atoms with Crippen molar-refractivity contribution in [1.82, 2.24) is 0 Å². The van der Waals surface area contributed by atoms with Gasteiger partial charge in [-0.15, -0.1) is 0 Å². The van der Waals surface area contributed by atoms with Crippen molar-refractivity contribution in [1.29, 1.82) is 0 Å². The molecule has 0 spiro atoms. The molecule has 4 rings (SSSR count). The molecule has 10 nitrogen and oxygen atoms in total. The molecule has 0 aromatic rings. The van der Waals surface area contributed by atoms with Crippen LogP contribution in [0.5, 0.6) is 0 Å². The summed E-state index contributed by atoms with van der Waals surface area (Å²) < 4.78 is 76.8. The summed E-state index contributed by atoms with van der Waals surface area (Å²) in [5.74, 6) is 0.0494. The summed E-state index contributed by atoms with van der Waals surface area (Å²) in [6.07, 6.45) is 5.51. The van der Waals surface area contributed by atoms with Crippen molar-refractivity contribution >= 4 is 20.8 Å². The molecule has 0 radical (unpaired) electrons. The van der Waals surface area contributed by atoms with E-state index in [9.17, 15) is 36.2 Å². The SMILES string of the molecule is CC(C)/C=C/[C@@H](COS(=O)(=O)[O-])[C@H]1CCC2C3CC[C@@H]4[C@H](O)[C@H](OS(=O)(=O)[O-])CC[C@]4(C)C3[C@@H](O)C[C@@]21C.[Na+].[Na+]. The first-order valence-electron chi connectivity index (χ1n) is 13.7. The molecule has 220 valence electrons. The Bertz CT molecular complexity index is 1120. The van der Waals surface area contributed by atoms with E-state index in [1.807, 2.05) is 26.0 Å². The Morgan fingerprint density at radius 3 is 2.10 bits per heavy atom. The number of aliphatic hydroxyl groups is 2. The molecule has 0 saturated heterocycles. The van der Waals surface area contributed by atoms with Crippen molar-refractivity contribution in [3.63, 3.8) is 0 Å². The molecule has 0 amide bonds. The number of rotatable bonds is 8. The minimum atomic E-state index is -4.94. The molecule has 4 fully saturated rings. The van der Waals surface area contributed by atoms with Crippen LogP contribution in [0.4, 0.5) is 0 Å². The average molecular weight is 625 g/mol. The van der Waals surface area contributed by atoms with Gasteiger partial charge in [0.05, 0.1) is 18.8 Å². The van der Waals surface area contributed by atoms with E-state index in [0.29, 0.717) is 19.3 Å². The minimum absolute atomic E-state index is 0. The Kier molecular flexibility index (Phi) is 13.0. The van der Waals surface area contributed by atoms with Gasteiger partial charge in [0.2, 0.25) is 20.8 Å². The van der Waals surface area contributed by atoms with Crippen LogP contribution in [0.15, 0.2) is 12.2 Å². The zero-order chi connectivity index (χ0) is 28.3. The predicted molar refractivity (Wildman–Crippen MR) is 136 cm³/mol. The average Bonchev–Trinajstić information content (AvgIpc) is 3.10. The number of fused-ring (bicyclic) bond motifs is 5. The van der Waals surface area contributed by atoms with E-state index in [1.54, 1.807) is 0 Å². The molecule has 11 atom stereocenters. The van der Waals surface area contributed by atoms with Crippen LogP contribution in [0, 0.1) is 52.3 Å². The van der Waals surface area contributed by atoms with Crippen molar-refractivity contribution in [2.75, 3.05) is 6.61 Å². The van der Waals surface area contributed by atoms with Crippen LogP contribution in [-0.2, 0) is 29.2 Å². The third kappa shape index (κ3) is 7.78.